The van der Waals surface area contributed by atoms with Gasteiger partial charge in [-0.3, -0.25) is 14.8 Å². The number of rotatable bonds is 8. The lowest BCUT2D eigenvalue weighted by Crippen LogP contribution is -2.13. The number of nitrogens with zero attached hydrogens (tertiary/aromatic N) is 2. The van der Waals surface area contributed by atoms with Crippen molar-refractivity contribution in [2.75, 3.05) is 5.32 Å². The molecule has 0 bridgehead atoms. The average Bonchev–Trinajstić information content (AvgIpc) is 3.11. The number of anilines is 1. The Hall–Kier alpha value is -4.39. The van der Waals surface area contributed by atoms with E-state index in [1.807, 2.05) is 68.4 Å². The molecule has 7 heteroatoms. The number of carboxylic acid groups (broad SMARTS) is 1. The molecule has 2 N–H and O–H groups in total. The number of aromatic nitrogens is 2. The van der Waals surface area contributed by atoms with Crippen molar-refractivity contribution in [3.8, 4) is 11.1 Å². The van der Waals surface area contributed by atoms with E-state index in [0.29, 0.717) is 12.2 Å². The Kier molecular flexibility index (Phi) is 7.26. The highest BCUT2D eigenvalue weighted by atomic mass is 16.5. The third-order valence-corrected chi connectivity index (χ3v) is 5.82. The maximum absolute atomic E-state index is 12.2. The van der Waals surface area contributed by atoms with Crippen molar-refractivity contribution < 1.29 is 19.4 Å². The number of ether oxygens (including phenoxy) is 1. The third kappa shape index (κ3) is 6.14. The van der Waals surface area contributed by atoms with E-state index in [2.05, 4.69) is 22.5 Å². The minimum Gasteiger partial charge on any atom is -0.481 e. The summed E-state index contributed by atoms with van der Waals surface area (Å²) in [6.07, 6.45) is -0.568. The molecule has 3 aromatic carbocycles. The van der Waals surface area contributed by atoms with Crippen molar-refractivity contribution in [2.45, 2.75) is 33.4 Å². The second-order valence-corrected chi connectivity index (χ2v) is 8.34. The highest BCUT2D eigenvalue weighted by molar-refractivity contribution is 5.84. The molecule has 1 amide bonds. The lowest BCUT2D eigenvalue weighted by molar-refractivity contribution is -0.136. The van der Waals surface area contributed by atoms with Crippen molar-refractivity contribution in [1.82, 2.24) is 9.78 Å². The maximum atomic E-state index is 12.2. The van der Waals surface area contributed by atoms with Gasteiger partial charge in [-0.2, -0.15) is 5.10 Å². The molecule has 0 atom stereocenters. The predicted octanol–water partition coefficient (Wildman–Crippen LogP) is 5.59. The van der Waals surface area contributed by atoms with Gasteiger partial charge in [-0.15, -0.1) is 0 Å². The molecule has 35 heavy (non-hydrogen) atoms. The Balaban J connectivity index is 1.29. The Morgan fingerprint density at radius 3 is 2.17 bits per heavy atom. The van der Waals surface area contributed by atoms with Gasteiger partial charge in [-0.05, 0) is 48.2 Å². The Labute approximate surface area is 204 Å². The van der Waals surface area contributed by atoms with E-state index in [-0.39, 0.29) is 13.0 Å². The molecule has 0 aliphatic rings. The van der Waals surface area contributed by atoms with Gasteiger partial charge in [0.05, 0.1) is 18.7 Å². The zero-order valence-electron chi connectivity index (χ0n) is 19.7. The average molecular weight is 470 g/mol. The van der Waals surface area contributed by atoms with Crippen molar-refractivity contribution in [3.63, 3.8) is 0 Å². The number of carbonyl (C=O) groups excluding carboxylic acids is 1. The molecule has 4 aromatic rings. The fraction of sp³-hybridized carbons (Fsp3) is 0.179. The van der Waals surface area contributed by atoms with Crippen LogP contribution in [0.4, 0.5) is 10.5 Å². The van der Waals surface area contributed by atoms with Gasteiger partial charge in [0.15, 0.2) is 0 Å². The number of carboxylic acids is 1. The van der Waals surface area contributed by atoms with E-state index in [1.54, 1.807) is 16.8 Å². The van der Waals surface area contributed by atoms with E-state index in [4.69, 9.17) is 9.84 Å². The molecule has 0 unspecified atom stereocenters. The smallest absolute Gasteiger partial charge is 0.411 e. The van der Waals surface area contributed by atoms with Crippen molar-refractivity contribution in [1.29, 1.82) is 0 Å². The summed E-state index contributed by atoms with van der Waals surface area (Å²) in [7, 11) is 0. The van der Waals surface area contributed by atoms with Crippen LogP contribution in [0.5, 0.6) is 0 Å². The first-order valence-electron chi connectivity index (χ1n) is 11.3. The second kappa shape index (κ2) is 10.7. The number of carbonyl (C=O) groups is 2. The number of benzene rings is 3. The molecule has 0 radical (unpaired) electrons. The van der Waals surface area contributed by atoms with E-state index < -0.39 is 12.1 Å². The normalized spacial score (nSPS) is 10.7. The SMILES string of the molecule is Cc1nn(Cc2ccc(NC(=O)OCc3ccc(-c4ccccc4)cc3)cc2)c(C)c1CC(=O)O. The van der Waals surface area contributed by atoms with Crippen LogP contribution in [0.15, 0.2) is 78.9 Å². The monoisotopic (exact) mass is 469 g/mol. The van der Waals surface area contributed by atoms with Crippen LogP contribution in [0.2, 0.25) is 0 Å². The molecule has 1 aromatic heterocycles. The van der Waals surface area contributed by atoms with Crippen LogP contribution in [-0.4, -0.2) is 26.9 Å². The number of aryl methyl sites for hydroxylation is 1. The summed E-state index contributed by atoms with van der Waals surface area (Å²) < 4.78 is 7.15. The Bertz CT molecular complexity index is 1310. The minimum absolute atomic E-state index is 0.0419. The lowest BCUT2D eigenvalue weighted by Gasteiger charge is -2.09. The molecular weight excluding hydrogens is 442 g/mol. The van der Waals surface area contributed by atoms with Gasteiger partial charge in [-0.25, -0.2) is 4.79 Å². The third-order valence-electron chi connectivity index (χ3n) is 5.82. The fourth-order valence-electron chi connectivity index (χ4n) is 3.89. The quantitative estimate of drug-likeness (QED) is 0.351. The van der Waals surface area contributed by atoms with E-state index in [1.165, 1.54) is 0 Å². The van der Waals surface area contributed by atoms with E-state index in [9.17, 15) is 9.59 Å². The molecule has 0 aliphatic heterocycles. The molecule has 178 valence electrons. The van der Waals surface area contributed by atoms with Gasteiger partial charge in [-0.1, -0.05) is 66.7 Å². The zero-order chi connectivity index (χ0) is 24.8. The van der Waals surface area contributed by atoms with Crippen LogP contribution >= 0.6 is 0 Å². The molecule has 0 saturated heterocycles. The molecule has 1 heterocycles. The topological polar surface area (TPSA) is 93.5 Å². The number of nitrogens with one attached hydrogen (secondary N) is 1. The Morgan fingerprint density at radius 1 is 0.886 bits per heavy atom. The van der Waals surface area contributed by atoms with Crippen molar-refractivity contribution >= 4 is 17.7 Å². The van der Waals surface area contributed by atoms with Crippen molar-refractivity contribution in [3.05, 3.63) is 107 Å². The number of hydrogen-bond donors (Lipinski definition) is 2. The van der Waals surface area contributed by atoms with Gasteiger partial charge in [0.2, 0.25) is 0 Å². The lowest BCUT2D eigenvalue weighted by atomic mass is 10.0. The van der Waals surface area contributed by atoms with Gasteiger partial charge >= 0.3 is 12.1 Å². The van der Waals surface area contributed by atoms with Crippen LogP contribution in [-0.2, 0) is 29.1 Å². The predicted molar refractivity (Wildman–Crippen MR) is 134 cm³/mol. The Morgan fingerprint density at radius 2 is 1.51 bits per heavy atom. The molecule has 0 spiro atoms. The summed E-state index contributed by atoms with van der Waals surface area (Å²) >= 11 is 0. The molecule has 4 rings (SSSR count). The molecule has 0 saturated carbocycles. The highest BCUT2D eigenvalue weighted by Gasteiger charge is 2.14. The maximum Gasteiger partial charge on any atom is 0.411 e. The van der Waals surface area contributed by atoms with E-state index in [0.717, 1.165) is 39.2 Å². The molecular formula is C28H27N3O4. The summed E-state index contributed by atoms with van der Waals surface area (Å²) in [6.45, 7) is 4.38. The second-order valence-electron chi connectivity index (χ2n) is 8.34. The first-order valence-corrected chi connectivity index (χ1v) is 11.3. The van der Waals surface area contributed by atoms with Crippen LogP contribution in [0.1, 0.15) is 28.1 Å². The van der Waals surface area contributed by atoms with E-state index >= 15 is 0 Å². The summed E-state index contributed by atoms with van der Waals surface area (Å²) in [4.78, 5) is 23.3. The van der Waals surface area contributed by atoms with Crippen LogP contribution in [0.25, 0.3) is 11.1 Å². The standard InChI is InChI=1S/C28H27N3O4/c1-19-26(16-27(32)33)20(2)31(30-19)17-21-10-14-25(15-11-21)29-28(34)35-18-22-8-12-24(13-9-22)23-6-4-3-5-7-23/h3-15H,16-18H2,1-2H3,(H,29,34)(H,32,33). The summed E-state index contributed by atoms with van der Waals surface area (Å²) in [5.41, 5.74) is 7.06. The largest absolute Gasteiger partial charge is 0.481 e. The number of amides is 1. The summed E-state index contributed by atoms with van der Waals surface area (Å²) in [6, 6.07) is 25.4. The van der Waals surface area contributed by atoms with Gasteiger partial charge in [0.25, 0.3) is 0 Å². The summed E-state index contributed by atoms with van der Waals surface area (Å²) in [5.74, 6) is -0.873. The summed E-state index contributed by atoms with van der Waals surface area (Å²) in [5, 5.41) is 16.3. The number of aliphatic carboxylic acids is 1. The van der Waals surface area contributed by atoms with Crippen molar-refractivity contribution in [2.24, 2.45) is 0 Å². The molecule has 0 fully saturated rings. The minimum atomic E-state index is -0.873. The van der Waals surface area contributed by atoms with Gasteiger partial charge in [0.1, 0.15) is 6.61 Å². The molecule has 7 nitrogen and oxygen atoms in total. The first kappa shape index (κ1) is 23.8. The number of hydrogen-bond acceptors (Lipinski definition) is 4. The van der Waals surface area contributed by atoms with Crippen LogP contribution < -0.4 is 5.32 Å². The highest BCUT2D eigenvalue weighted by Crippen LogP contribution is 2.20. The first-order chi connectivity index (χ1) is 16.9. The molecule has 0 aliphatic carbocycles. The van der Waals surface area contributed by atoms with Gasteiger partial charge < -0.3 is 9.84 Å². The fourth-order valence-corrected chi connectivity index (χ4v) is 3.89. The van der Waals surface area contributed by atoms with Crippen LogP contribution in [0, 0.1) is 13.8 Å². The van der Waals surface area contributed by atoms with Crippen LogP contribution in [0.3, 0.4) is 0 Å². The zero-order valence-corrected chi connectivity index (χ0v) is 19.7. The van der Waals surface area contributed by atoms with Gasteiger partial charge in [0, 0.05) is 16.9 Å².